The molecule has 0 aromatic rings. The van der Waals surface area contributed by atoms with Crippen LogP contribution in [0.25, 0.3) is 0 Å². The van der Waals surface area contributed by atoms with Crippen LogP contribution in [-0.4, -0.2) is 29.8 Å². The number of rotatable bonds is 1. The number of aldehydes is 1. The molecule has 3 heteroatoms. The Morgan fingerprint density at radius 1 is 1.89 bits per heavy atom. The van der Waals surface area contributed by atoms with Gasteiger partial charge in [0.25, 0.3) is 0 Å². The van der Waals surface area contributed by atoms with Crippen LogP contribution in [0.1, 0.15) is 6.92 Å². The lowest BCUT2D eigenvalue weighted by Crippen LogP contribution is -2.20. The van der Waals surface area contributed by atoms with Gasteiger partial charge in [0, 0.05) is 5.92 Å². The van der Waals surface area contributed by atoms with Crippen LogP contribution in [0.15, 0.2) is 4.99 Å². The minimum atomic E-state index is -0.440. The summed E-state index contributed by atoms with van der Waals surface area (Å²) in [6.45, 7) is 2.18. The molecule has 0 aliphatic carbocycles. The van der Waals surface area contributed by atoms with Crippen LogP contribution in [0, 0.1) is 5.92 Å². The Kier molecular flexibility index (Phi) is 1.62. The number of hydrogen-bond donors (Lipinski definition) is 1. The summed E-state index contributed by atoms with van der Waals surface area (Å²) in [5.74, 6) is -0.0671. The van der Waals surface area contributed by atoms with Gasteiger partial charge in [0.2, 0.25) is 0 Å². The molecular formula is C6H9NO2. The van der Waals surface area contributed by atoms with Crippen molar-refractivity contribution in [3.05, 3.63) is 0 Å². The van der Waals surface area contributed by atoms with Gasteiger partial charge in [-0.3, -0.25) is 9.79 Å². The zero-order chi connectivity index (χ0) is 6.85. The van der Waals surface area contributed by atoms with Crippen molar-refractivity contribution in [1.82, 2.24) is 0 Å². The van der Waals surface area contributed by atoms with Crippen LogP contribution in [0.2, 0.25) is 0 Å². The molecule has 0 aromatic heterocycles. The van der Waals surface area contributed by atoms with E-state index in [1.165, 1.54) is 0 Å². The third kappa shape index (κ3) is 1.00. The number of aliphatic hydroxyl groups is 1. The molecule has 0 radical (unpaired) electrons. The molecule has 0 amide bonds. The Morgan fingerprint density at radius 2 is 2.56 bits per heavy atom. The molecule has 1 aliphatic heterocycles. The molecule has 1 rings (SSSR count). The van der Waals surface area contributed by atoms with Crippen molar-refractivity contribution in [2.24, 2.45) is 10.9 Å². The summed E-state index contributed by atoms with van der Waals surface area (Å²) >= 11 is 0. The summed E-state index contributed by atoms with van der Waals surface area (Å²) in [6.07, 6.45) is 0.270. The maximum atomic E-state index is 10.1. The summed E-state index contributed by atoms with van der Waals surface area (Å²) < 4.78 is 0. The first-order valence-electron chi connectivity index (χ1n) is 2.93. The van der Waals surface area contributed by atoms with Crippen molar-refractivity contribution in [2.45, 2.75) is 13.0 Å². The summed E-state index contributed by atoms with van der Waals surface area (Å²) in [5, 5.41) is 9.03. The lowest BCUT2D eigenvalue weighted by molar-refractivity contribution is -0.103. The average molecular weight is 127 g/mol. The zero-order valence-electron chi connectivity index (χ0n) is 5.24. The number of carbonyl (C=O) groups is 1. The van der Waals surface area contributed by atoms with Gasteiger partial charge in [0.1, 0.15) is 0 Å². The second-order valence-corrected chi connectivity index (χ2v) is 2.24. The number of carbonyl (C=O) groups excluding carboxylic acids is 1. The third-order valence-corrected chi connectivity index (χ3v) is 1.63. The van der Waals surface area contributed by atoms with Crippen LogP contribution in [-0.2, 0) is 4.79 Å². The fraction of sp³-hybridized carbons (Fsp3) is 0.667. The van der Waals surface area contributed by atoms with Crippen LogP contribution in [0.3, 0.4) is 0 Å². The molecule has 1 aliphatic rings. The molecule has 50 valence electrons. The highest BCUT2D eigenvalue weighted by molar-refractivity contribution is 6.29. The fourth-order valence-corrected chi connectivity index (χ4v) is 0.843. The normalized spacial score (nSPS) is 34.2. The first kappa shape index (κ1) is 6.42. The van der Waals surface area contributed by atoms with Gasteiger partial charge in [-0.15, -0.1) is 0 Å². The molecule has 3 nitrogen and oxygen atoms in total. The third-order valence-electron chi connectivity index (χ3n) is 1.63. The highest BCUT2D eigenvalue weighted by atomic mass is 16.3. The van der Waals surface area contributed by atoms with Gasteiger partial charge in [-0.2, -0.15) is 0 Å². The predicted octanol–water partition coefficient (Wildman–Crippen LogP) is -0.363. The standard InChI is InChI=1S/C6H9NO2/c1-4-5(3-8)7-2-6(4)9/h3-4,6,9H,2H2,1H3/t4-,6-/m0/s1. The van der Waals surface area contributed by atoms with Gasteiger partial charge in [-0.25, -0.2) is 0 Å². The Morgan fingerprint density at radius 3 is 2.78 bits per heavy atom. The largest absolute Gasteiger partial charge is 0.391 e. The Balaban J connectivity index is 2.66. The van der Waals surface area contributed by atoms with E-state index in [4.69, 9.17) is 5.11 Å². The second kappa shape index (κ2) is 2.27. The van der Waals surface area contributed by atoms with Crippen molar-refractivity contribution >= 4 is 12.0 Å². The Labute approximate surface area is 53.4 Å². The fourth-order valence-electron chi connectivity index (χ4n) is 0.843. The van der Waals surface area contributed by atoms with Crippen molar-refractivity contribution in [2.75, 3.05) is 6.54 Å². The lowest BCUT2D eigenvalue weighted by Gasteiger charge is -2.05. The van der Waals surface area contributed by atoms with E-state index in [0.717, 1.165) is 0 Å². The van der Waals surface area contributed by atoms with Gasteiger partial charge in [-0.1, -0.05) is 6.92 Å². The maximum Gasteiger partial charge on any atom is 0.164 e. The molecule has 0 fully saturated rings. The molecule has 0 aromatic carbocycles. The lowest BCUT2D eigenvalue weighted by atomic mass is 10.0. The maximum absolute atomic E-state index is 10.1. The van der Waals surface area contributed by atoms with Gasteiger partial charge in [0.15, 0.2) is 6.29 Å². The van der Waals surface area contributed by atoms with Crippen LogP contribution in [0.5, 0.6) is 0 Å². The van der Waals surface area contributed by atoms with E-state index in [0.29, 0.717) is 18.5 Å². The van der Waals surface area contributed by atoms with Crippen LogP contribution >= 0.6 is 0 Å². The molecule has 0 spiro atoms. The number of nitrogens with zero attached hydrogens (tertiary/aromatic N) is 1. The van der Waals surface area contributed by atoms with Crippen molar-refractivity contribution in [3.63, 3.8) is 0 Å². The first-order valence-corrected chi connectivity index (χ1v) is 2.93. The molecule has 0 saturated heterocycles. The van der Waals surface area contributed by atoms with E-state index in [-0.39, 0.29) is 5.92 Å². The van der Waals surface area contributed by atoms with E-state index >= 15 is 0 Å². The highest BCUT2D eigenvalue weighted by Gasteiger charge is 2.24. The van der Waals surface area contributed by atoms with Gasteiger partial charge >= 0.3 is 0 Å². The van der Waals surface area contributed by atoms with Crippen molar-refractivity contribution < 1.29 is 9.90 Å². The topological polar surface area (TPSA) is 49.7 Å². The van der Waals surface area contributed by atoms with E-state index < -0.39 is 6.10 Å². The predicted molar refractivity (Wildman–Crippen MR) is 33.5 cm³/mol. The zero-order valence-corrected chi connectivity index (χ0v) is 5.24. The Bertz CT molecular complexity index is 153. The average Bonchev–Trinajstić information content (AvgIpc) is 2.15. The quantitative estimate of drug-likeness (QED) is 0.489. The molecule has 1 N–H and O–H groups in total. The van der Waals surface area contributed by atoms with E-state index in [9.17, 15) is 4.79 Å². The molecule has 0 saturated carbocycles. The summed E-state index contributed by atoms with van der Waals surface area (Å²) in [5.41, 5.74) is 0.488. The van der Waals surface area contributed by atoms with Crippen LogP contribution < -0.4 is 0 Å². The van der Waals surface area contributed by atoms with Gasteiger partial charge in [0.05, 0.1) is 18.4 Å². The molecule has 0 unspecified atom stereocenters. The van der Waals surface area contributed by atoms with Gasteiger partial charge in [-0.05, 0) is 0 Å². The second-order valence-electron chi connectivity index (χ2n) is 2.24. The molecular weight excluding hydrogens is 118 g/mol. The van der Waals surface area contributed by atoms with Crippen LogP contribution in [0.4, 0.5) is 0 Å². The number of aliphatic hydroxyl groups excluding tert-OH is 1. The number of hydrogen-bond acceptors (Lipinski definition) is 3. The molecule has 2 atom stereocenters. The van der Waals surface area contributed by atoms with E-state index in [1.54, 1.807) is 6.92 Å². The SMILES string of the molecule is C[C@H]1C(C=O)=NC[C@@H]1O. The van der Waals surface area contributed by atoms with Crippen molar-refractivity contribution in [1.29, 1.82) is 0 Å². The smallest absolute Gasteiger partial charge is 0.164 e. The summed E-state index contributed by atoms with van der Waals surface area (Å²) in [7, 11) is 0. The van der Waals surface area contributed by atoms with E-state index in [2.05, 4.69) is 4.99 Å². The number of aliphatic imine (C=N–C) groups is 1. The molecule has 1 heterocycles. The Hall–Kier alpha value is -0.700. The van der Waals surface area contributed by atoms with Gasteiger partial charge < -0.3 is 5.11 Å². The first-order chi connectivity index (χ1) is 4.25. The minimum Gasteiger partial charge on any atom is -0.391 e. The minimum absolute atomic E-state index is 0.0671. The van der Waals surface area contributed by atoms with Crippen molar-refractivity contribution in [3.8, 4) is 0 Å². The molecule has 9 heavy (non-hydrogen) atoms. The monoisotopic (exact) mass is 127 g/mol. The molecule has 0 bridgehead atoms. The highest BCUT2D eigenvalue weighted by Crippen LogP contribution is 2.11. The summed E-state index contributed by atoms with van der Waals surface area (Å²) in [4.78, 5) is 13.9. The summed E-state index contributed by atoms with van der Waals surface area (Å²) in [6, 6.07) is 0. The van der Waals surface area contributed by atoms with E-state index in [1.807, 2.05) is 0 Å².